The summed E-state index contributed by atoms with van der Waals surface area (Å²) in [7, 11) is 1.46. The number of ether oxygens (including phenoxy) is 2. The number of rotatable bonds is 10. The largest absolute Gasteiger partial charge is 0.496 e. The van der Waals surface area contributed by atoms with Crippen LogP contribution in [0.3, 0.4) is 0 Å². The van der Waals surface area contributed by atoms with Crippen LogP contribution in [0.4, 0.5) is 0 Å². The first-order valence-corrected chi connectivity index (χ1v) is 15.2. The zero-order chi connectivity index (χ0) is 29.4. The van der Waals surface area contributed by atoms with E-state index in [0.29, 0.717) is 32.2 Å². The van der Waals surface area contributed by atoms with Crippen molar-refractivity contribution < 1.29 is 29.0 Å². The summed E-state index contributed by atoms with van der Waals surface area (Å²) in [5.74, 6) is -0.276. The molecule has 3 N–H and O–H groups in total. The topological polar surface area (TPSA) is 138 Å². The summed E-state index contributed by atoms with van der Waals surface area (Å²) in [4.78, 5) is 38.8. The van der Waals surface area contributed by atoms with Crippen LogP contribution in [0.25, 0.3) is 0 Å². The molecule has 0 saturated heterocycles. The van der Waals surface area contributed by atoms with Crippen LogP contribution in [0, 0.1) is 39.9 Å². The minimum Gasteiger partial charge on any atom is -0.496 e. The fourth-order valence-corrected chi connectivity index (χ4v) is 7.66. The molecule has 5 rings (SSSR count). The SMILES string of the molecule is CCC1(CNC(=O)[C@H]2[C@@H]3CC[C@@H](C3)[C@H]2NC(=O)c2cc(O[C@H]3CC[C@@](C)(C(=O)O)CC3)c(C#N)cc2OC)CCC1. The van der Waals surface area contributed by atoms with Gasteiger partial charge in [0.25, 0.3) is 5.91 Å². The van der Waals surface area contributed by atoms with Gasteiger partial charge in [-0.3, -0.25) is 14.4 Å². The number of aliphatic carboxylic acids is 1. The number of carboxylic acids is 1. The molecule has 9 nitrogen and oxygen atoms in total. The van der Waals surface area contributed by atoms with Gasteiger partial charge in [-0.25, -0.2) is 0 Å². The Kier molecular flexibility index (Phi) is 8.22. The molecular weight excluding hydrogens is 522 g/mol. The molecule has 0 aliphatic heterocycles. The Morgan fingerprint density at radius 3 is 2.37 bits per heavy atom. The first-order chi connectivity index (χ1) is 19.6. The lowest BCUT2D eigenvalue weighted by molar-refractivity contribution is -0.150. The van der Waals surface area contributed by atoms with Gasteiger partial charge in [0.2, 0.25) is 5.91 Å². The molecule has 0 unspecified atom stereocenters. The van der Waals surface area contributed by atoms with E-state index >= 15 is 0 Å². The summed E-state index contributed by atoms with van der Waals surface area (Å²) >= 11 is 0. The highest BCUT2D eigenvalue weighted by atomic mass is 16.5. The Bertz CT molecular complexity index is 1220. The summed E-state index contributed by atoms with van der Waals surface area (Å²) in [5, 5.41) is 25.8. The molecule has 222 valence electrons. The lowest BCUT2D eigenvalue weighted by atomic mass is 9.67. The smallest absolute Gasteiger partial charge is 0.309 e. The highest BCUT2D eigenvalue weighted by molar-refractivity contribution is 5.98. The van der Waals surface area contributed by atoms with Gasteiger partial charge >= 0.3 is 5.97 Å². The average molecular weight is 566 g/mol. The molecular formula is C32H43N3O6. The predicted octanol–water partition coefficient (Wildman–Crippen LogP) is 4.82. The number of methoxy groups -OCH3 is 1. The molecule has 41 heavy (non-hydrogen) atoms. The van der Waals surface area contributed by atoms with Crippen molar-refractivity contribution in [2.24, 2.45) is 28.6 Å². The first-order valence-electron chi connectivity index (χ1n) is 15.2. The molecule has 1 aromatic rings. The fraction of sp³-hybridized carbons (Fsp3) is 0.688. The maximum Gasteiger partial charge on any atom is 0.309 e. The highest BCUT2D eigenvalue weighted by Crippen LogP contribution is 2.49. The van der Waals surface area contributed by atoms with Crippen LogP contribution >= 0.6 is 0 Å². The number of carbonyl (C=O) groups excluding carboxylic acids is 2. The van der Waals surface area contributed by atoms with Gasteiger partial charge in [-0.1, -0.05) is 13.3 Å². The summed E-state index contributed by atoms with van der Waals surface area (Å²) in [5.41, 5.74) is -0.0402. The predicted molar refractivity (Wildman–Crippen MR) is 151 cm³/mol. The standard InChI is InChI=1S/C32H43N3O6/c1-4-32(10-5-11-32)18-34-29(37)26-19-6-7-20(14-19)27(26)35-28(36)23-16-24(21(17-33)15-25(23)40-3)41-22-8-12-31(2,13-9-22)30(38)39/h15-16,19-20,22,26-27H,4-14,18H2,1-3H3,(H,34,37)(H,35,36)(H,38,39)/t19-,20+,22-,26+,27-,31+/m1/s1. The number of nitrogens with one attached hydrogen (secondary N) is 2. The van der Waals surface area contributed by atoms with E-state index in [2.05, 4.69) is 23.6 Å². The zero-order valence-corrected chi connectivity index (χ0v) is 24.5. The Morgan fingerprint density at radius 1 is 1.07 bits per heavy atom. The second-order valence-corrected chi connectivity index (χ2v) is 13.1. The molecule has 1 aromatic carbocycles. The highest BCUT2D eigenvalue weighted by Gasteiger charge is 2.52. The number of carboxylic acid groups (broad SMARTS) is 1. The maximum absolute atomic E-state index is 13.7. The third-order valence-corrected chi connectivity index (χ3v) is 10.8. The van der Waals surface area contributed by atoms with Crippen LogP contribution in [0.15, 0.2) is 12.1 Å². The van der Waals surface area contributed by atoms with Crippen molar-refractivity contribution in [1.29, 1.82) is 5.26 Å². The normalized spacial score (nSPS) is 31.4. The minimum atomic E-state index is -0.808. The van der Waals surface area contributed by atoms with Gasteiger partial charge < -0.3 is 25.2 Å². The lowest BCUT2D eigenvalue weighted by Crippen LogP contribution is -2.52. The number of amides is 2. The fourth-order valence-electron chi connectivity index (χ4n) is 7.66. The Labute approximate surface area is 242 Å². The Hall–Kier alpha value is -3.28. The van der Waals surface area contributed by atoms with Gasteiger partial charge in [0.15, 0.2) is 0 Å². The third-order valence-electron chi connectivity index (χ3n) is 10.8. The van der Waals surface area contributed by atoms with Crippen LogP contribution < -0.4 is 20.1 Å². The van der Waals surface area contributed by atoms with E-state index in [1.54, 1.807) is 13.0 Å². The van der Waals surface area contributed by atoms with Crippen LogP contribution in [0.5, 0.6) is 11.5 Å². The second-order valence-electron chi connectivity index (χ2n) is 13.1. The zero-order valence-electron chi connectivity index (χ0n) is 24.5. The molecule has 4 aliphatic rings. The van der Waals surface area contributed by atoms with Gasteiger partial charge in [0.1, 0.15) is 17.6 Å². The van der Waals surface area contributed by atoms with Crippen molar-refractivity contribution in [2.75, 3.05) is 13.7 Å². The first kappa shape index (κ1) is 29.2. The van der Waals surface area contributed by atoms with Gasteiger partial charge in [-0.15, -0.1) is 0 Å². The van der Waals surface area contributed by atoms with E-state index < -0.39 is 11.4 Å². The van der Waals surface area contributed by atoms with Crippen molar-refractivity contribution in [3.05, 3.63) is 23.3 Å². The van der Waals surface area contributed by atoms with Gasteiger partial charge in [0.05, 0.1) is 35.7 Å². The molecule has 0 radical (unpaired) electrons. The quantitative estimate of drug-likeness (QED) is 0.370. The molecule has 4 atom stereocenters. The molecule has 4 saturated carbocycles. The number of hydrogen-bond acceptors (Lipinski definition) is 6. The number of fused-ring (bicyclic) bond motifs is 2. The molecule has 0 spiro atoms. The van der Waals surface area contributed by atoms with E-state index in [4.69, 9.17) is 9.47 Å². The van der Waals surface area contributed by atoms with Crippen molar-refractivity contribution >= 4 is 17.8 Å². The van der Waals surface area contributed by atoms with Crippen LogP contribution in [-0.2, 0) is 9.59 Å². The van der Waals surface area contributed by atoms with Gasteiger partial charge in [0, 0.05) is 18.7 Å². The summed E-state index contributed by atoms with van der Waals surface area (Å²) in [6.45, 7) is 4.64. The summed E-state index contributed by atoms with van der Waals surface area (Å²) in [6.07, 6.45) is 9.33. The van der Waals surface area contributed by atoms with Crippen LogP contribution in [0.2, 0.25) is 0 Å². The molecule has 2 amide bonds. The monoisotopic (exact) mass is 565 g/mol. The third kappa shape index (κ3) is 5.62. The van der Waals surface area contributed by atoms with Crippen LogP contribution in [0.1, 0.15) is 100 Å². The Balaban J connectivity index is 1.31. The van der Waals surface area contributed by atoms with E-state index in [9.17, 15) is 24.8 Å². The van der Waals surface area contributed by atoms with Crippen molar-refractivity contribution in [2.45, 2.75) is 96.6 Å². The maximum atomic E-state index is 13.7. The van der Waals surface area contributed by atoms with E-state index in [0.717, 1.165) is 38.5 Å². The molecule has 2 bridgehead atoms. The van der Waals surface area contributed by atoms with E-state index in [-0.39, 0.29) is 69.8 Å². The number of carbonyl (C=O) groups is 3. The minimum absolute atomic E-state index is 0.0451. The number of nitriles is 1. The summed E-state index contributed by atoms with van der Waals surface area (Å²) < 4.78 is 11.7. The lowest BCUT2D eigenvalue weighted by Gasteiger charge is -2.42. The molecule has 4 fully saturated rings. The van der Waals surface area contributed by atoms with Crippen molar-refractivity contribution in [3.63, 3.8) is 0 Å². The van der Waals surface area contributed by atoms with E-state index in [1.165, 1.54) is 19.6 Å². The average Bonchev–Trinajstić information content (AvgIpc) is 3.55. The second kappa shape index (κ2) is 11.5. The molecule has 9 heteroatoms. The van der Waals surface area contributed by atoms with E-state index in [1.807, 2.05) is 0 Å². The Morgan fingerprint density at radius 2 is 1.78 bits per heavy atom. The molecule has 4 aliphatic carbocycles. The van der Waals surface area contributed by atoms with Gasteiger partial charge in [-0.2, -0.15) is 5.26 Å². The summed E-state index contributed by atoms with van der Waals surface area (Å²) in [6, 6.07) is 4.95. The van der Waals surface area contributed by atoms with Gasteiger partial charge in [-0.05, 0) is 94.4 Å². The molecule has 0 aromatic heterocycles. The number of hydrogen-bond donors (Lipinski definition) is 3. The molecule has 0 heterocycles. The number of nitrogens with zero attached hydrogens (tertiary/aromatic N) is 1. The van der Waals surface area contributed by atoms with Crippen molar-refractivity contribution in [1.82, 2.24) is 10.6 Å². The van der Waals surface area contributed by atoms with Crippen LogP contribution in [-0.4, -0.2) is 48.7 Å². The van der Waals surface area contributed by atoms with Crippen molar-refractivity contribution in [3.8, 4) is 17.6 Å². The number of benzene rings is 1.